The second-order valence-electron chi connectivity index (χ2n) is 7.22. The van der Waals surface area contributed by atoms with Crippen molar-refractivity contribution in [2.75, 3.05) is 0 Å². The summed E-state index contributed by atoms with van der Waals surface area (Å²) in [5.74, 6) is 0.959. The van der Waals surface area contributed by atoms with Crippen LogP contribution in [-0.4, -0.2) is 21.4 Å². The van der Waals surface area contributed by atoms with Crippen LogP contribution in [0.3, 0.4) is 0 Å². The largest absolute Gasteiger partial charge is 0.489 e. The molecule has 2 aromatic heterocycles. The molecule has 0 radical (unpaired) electrons. The lowest BCUT2D eigenvalue weighted by Gasteiger charge is -2.08. The van der Waals surface area contributed by atoms with E-state index < -0.39 is 11.8 Å². The van der Waals surface area contributed by atoms with Crippen molar-refractivity contribution < 1.29 is 18.7 Å². The molecule has 4 rings (SSSR count). The molecule has 8 nitrogen and oxygen atoms in total. The van der Waals surface area contributed by atoms with E-state index in [4.69, 9.17) is 20.8 Å². The van der Waals surface area contributed by atoms with Gasteiger partial charge in [0.2, 0.25) is 0 Å². The Morgan fingerprint density at radius 1 is 1.03 bits per heavy atom. The molecular weight excluding hydrogens is 476 g/mol. The highest BCUT2D eigenvalue weighted by Gasteiger charge is 2.14. The van der Waals surface area contributed by atoms with Gasteiger partial charge in [-0.15, -0.1) is 0 Å². The number of ether oxygens (including phenoxy) is 1. The van der Waals surface area contributed by atoms with Crippen molar-refractivity contribution in [3.63, 3.8) is 0 Å². The average molecular weight is 497 g/mol. The molecule has 0 spiro atoms. The van der Waals surface area contributed by atoms with Crippen LogP contribution in [0.25, 0.3) is 0 Å². The highest BCUT2D eigenvalue weighted by atomic mass is 35.5. The molecule has 0 aliphatic carbocycles. The van der Waals surface area contributed by atoms with Gasteiger partial charge in [-0.2, -0.15) is 0 Å². The van der Waals surface area contributed by atoms with Crippen molar-refractivity contribution in [2.24, 2.45) is 7.05 Å². The third kappa shape index (κ3) is 6.21. The van der Waals surface area contributed by atoms with Gasteiger partial charge in [-0.1, -0.05) is 35.5 Å². The first-order valence-electron chi connectivity index (χ1n) is 10.2. The van der Waals surface area contributed by atoms with Crippen molar-refractivity contribution >= 4 is 35.2 Å². The van der Waals surface area contributed by atoms with E-state index in [2.05, 4.69) is 15.8 Å². The number of thioether (sulfide) groups is 1. The van der Waals surface area contributed by atoms with Crippen molar-refractivity contribution in [3.8, 4) is 5.75 Å². The number of furan rings is 1. The molecule has 2 heterocycles. The lowest BCUT2D eigenvalue weighted by molar-refractivity contribution is 0.0830. The Morgan fingerprint density at radius 3 is 2.47 bits per heavy atom. The number of amides is 2. The molecule has 0 aliphatic rings. The standard InChI is InChI=1S/C24H21ClN4O4S/c1-29-13-12-26-24(29)34-15-20-10-11-21(33-20)23(31)28-27-22(30)17-4-2-16(3-5-17)14-32-19-8-6-18(25)7-9-19/h2-13H,14-15H2,1H3,(H,27,30)(H,28,31). The van der Waals surface area contributed by atoms with Crippen LogP contribution in [0.2, 0.25) is 5.02 Å². The van der Waals surface area contributed by atoms with Gasteiger partial charge in [0.05, 0.1) is 5.75 Å². The summed E-state index contributed by atoms with van der Waals surface area (Å²) in [6, 6.07) is 17.2. The zero-order valence-electron chi connectivity index (χ0n) is 18.2. The molecule has 2 N–H and O–H groups in total. The summed E-state index contributed by atoms with van der Waals surface area (Å²) in [6.07, 6.45) is 3.57. The summed E-state index contributed by atoms with van der Waals surface area (Å²) in [5, 5.41) is 1.49. The number of nitrogens with one attached hydrogen (secondary N) is 2. The second kappa shape index (κ2) is 11.0. The number of rotatable bonds is 8. The van der Waals surface area contributed by atoms with Gasteiger partial charge in [0, 0.05) is 30.0 Å². The lowest BCUT2D eigenvalue weighted by Crippen LogP contribution is -2.41. The van der Waals surface area contributed by atoms with Crippen LogP contribution in [0, 0.1) is 0 Å². The van der Waals surface area contributed by atoms with Crippen LogP contribution in [-0.2, 0) is 19.4 Å². The number of hydrazine groups is 1. The van der Waals surface area contributed by atoms with Crippen LogP contribution in [0.4, 0.5) is 0 Å². The number of benzene rings is 2. The van der Waals surface area contributed by atoms with E-state index in [1.54, 1.807) is 66.9 Å². The van der Waals surface area contributed by atoms with Crippen LogP contribution >= 0.6 is 23.4 Å². The Kier molecular flexibility index (Phi) is 7.56. The number of hydrogen-bond donors (Lipinski definition) is 2. The molecule has 2 aromatic carbocycles. The topological polar surface area (TPSA) is 98.4 Å². The monoisotopic (exact) mass is 496 g/mol. The molecule has 174 valence electrons. The molecule has 0 bridgehead atoms. The highest BCUT2D eigenvalue weighted by molar-refractivity contribution is 7.98. The number of aromatic nitrogens is 2. The summed E-state index contributed by atoms with van der Waals surface area (Å²) < 4.78 is 13.2. The summed E-state index contributed by atoms with van der Waals surface area (Å²) in [4.78, 5) is 28.9. The molecule has 0 unspecified atom stereocenters. The van der Waals surface area contributed by atoms with E-state index in [1.165, 1.54) is 11.8 Å². The molecule has 0 saturated heterocycles. The minimum Gasteiger partial charge on any atom is -0.489 e. The number of aryl methyl sites for hydroxylation is 1. The van der Waals surface area contributed by atoms with Gasteiger partial charge in [-0.05, 0) is 54.1 Å². The quantitative estimate of drug-likeness (QED) is 0.273. The molecule has 2 amide bonds. The number of carbonyl (C=O) groups is 2. The predicted octanol–water partition coefficient (Wildman–Crippen LogP) is 4.61. The summed E-state index contributed by atoms with van der Waals surface area (Å²) in [5.41, 5.74) is 6.04. The fourth-order valence-electron chi connectivity index (χ4n) is 2.90. The molecule has 0 saturated carbocycles. The number of halogens is 1. The number of imidazole rings is 1. The Hall–Kier alpha value is -3.69. The normalized spacial score (nSPS) is 10.6. The number of carbonyl (C=O) groups excluding carboxylic acids is 2. The zero-order valence-corrected chi connectivity index (χ0v) is 19.7. The van der Waals surface area contributed by atoms with Crippen molar-refractivity contribution in [1.29, 1.82) is 0 Å². The van der Waals surface area contributed by atoms with E-state index in [1.807, 2.05) is 17.8 Å². The predicted molar refractivity (Wildman–Crippen MR) is 129 cm³/mol. The Balaban J connectivity index is 1.23. The molecule has 0 aliphatic heterocycles. The number of hydrogen-bond acceptors (Lipinski definition) is 6. The van der Waals surface area contributed by atoms with E-state index in [-0.39, 0.29) is 5.76 Å². The summed E-state index contributed by atoms with van der Waals surface area (Å²) in [6.45, 7) is 0.347. The van der Waals surface area contributed by atoms with Crippen LogP contribution in [0.15, 0.2) is 82.6 Å². The van der Waals surface area contributed by atoms with E-state index in [0.717, 1.165) is 10.7 Å². The second-order valence-corrected chi connectivity index (χ2v) is 8.60. The first kappa shape index (κ1) is 23.5. The van der Waals surface area contributed by atoms with E-state index in [9.17, 15) is 9.59 Å². The fourth-order valence-corrected chi connectivity index (χ4v) is 3.85. The first-order chi connectivity index (χ1) is 16.5. The third-order valence-corrected chi connectivity index (χ3v) is 6.06. The SMILES string of the molecule is Cn1ccnc1SCc1ccc(C(=O)NNC(=O)c2ccc(COc3ccc(Cl)cc3)cc2)o1. The molecule has 4 aromatic rings. The molecule has 0 fully saturated rings. The fraction of sp³-hybridized carbons (Fsp3) is 0.125. The minimum absolute atomic E-state index is 0.102. The van der Waals surface area contributed by atoms with Gasteiger partial charge < -0.3 is 13.7 Å². The van der Waals surface area contributed by atoms with Crippen molar-refractivity contribution in [2.45, 2.75) is 17.5 Å². The molecular formula is C24H21ClN4O4S. The van der Waals surface area contributed by atoms with Gasteiger partial charge in [-0.25, -0.2) is 4.98 Å². The van der Waals surface area contributed by atoms with Crippen LogP contribution in [0.5, 0.6) is 5.75 Å². The van der Waals surface area contributed by atoms with Crippen LogP contribution in [0.1, 0.15) is 32.2 Å². The summed E-state index contributed by atoms with van der Waals surface area (Å²) >= 11 is 7.36. The van der Waals surface area contributed by atoms with Gasteiger partial charge >= 0.3 is 5.91 Å². The van der Waals surface area contributed by atoms with Gasteiger partial charge in [0.25, 0.3) is 5.91 Å². The maximum absolute atomic E-state index is 12.4. The third-order valence-electron chi connectivity index (χ3n) is 4.73. The maximum atomic E-state index is 12.4. The number of nitrogens with zero attached hydrogens (tertiary/aromatic N) is 2. The Bertz CT molecular complexity index is 1270. The first-order valence-corrected chi connectivity index (χ1v) is 11.6. The minimum atomic E-state index is -0.547. The lowest BCUT2D eigenvalue weighted by atomic mass is 10.1. The van der Waals surface area contributed by atoms with Crippen molar-refractivity contribution in [3.05, 3.63) is 101 Å². The van der Waals surface area contributed by atoms with Crippen LogP contribution < -0.4 is 15.6 Å². The molecule has 34 heavy (non-hydrogen) atoms. The Labute approximate surface area is 205 Å². The average Bonchev–Trinajstić information content (AvgIpc) is 3.50. The van der Waals surface area contributed by atoms with Gasteiger partial charge in [-0.3, -0.25) is 20.4 Å². The van der Waals surface area contributed by atoms with Crippen molar-refractivity contribution in [1.82, 2.24) is 20.4 Å². The highest BCUT2D eigenvalue weighted by Crippen LogP contribution is 2.22. The van der Waals surface area contributed by atoms with Gasteiger partial charge in [0.15, 0.2) is 10.9 Å². The van der Waals surface area contributed by atoms with Gasteiger partial charge in [0.1, 0.15) is 18.1 Å². The summed E-state index contributed by atoms with van der Waals surface area (Å²) in [7, 11) is 1.90. The van der Waals surface area contributed by atoms with E-state index in [0.29, 0.717) is 34.5 Å². The zero-order chi connectivity index (χ0) is 23.9. The maximum Gasteiger partial charge on any atom is 0.305 e. The molecule has 10 heteroatoms. The van der Waals surface area contributed by atoms with E-state index >= 15 is 0 Å². The smallest absolute Gasteiger partial charge is 0.305 e. The molecule has 0 atom stereocenters. The Morgan fingerprint density at radius 2 is 1.76 bits per heavy atom.